The minimum Gasteiger partial charge on any atom is -0.171 e. The first-order valence-electron chi connectivity index (χ1n) is 3.15. The Bertz CT molecular complexity index is 50.0. The van der Waals surface area contributed by atoms with Crippen LogP contribution in [0, 0.1) is 0 Å². The molecule has 1 aliphatic rings. The third kappa shape index (κ3) is 1.82. The van der Waals surface area contributed by atoms with Crippen LogP contribution in [0.4, 0.5) is 0 Å². The van der Waals surface area contributed by atoms with Gasteiger partial charge in [-0.15, -0.1) is 0 Å². The van der Waals surface area contributed by atoms with Crippen LogP contribution in [-0.4, -0.2) is 6.43 Å². The Balaban J connectivity index is 2.12. The maximum atomic E-state index is 2.91. The molecule has 0 radical (unpaired) electrons. The second-order valence-electron chi connectivity index (χ2n) is 2.40. The lowest BCUT2D eigenvalue weighted by atomic mass is 9.62. The molecule has 40 valence electrons. The average Bonchev–Trinajstić information content (AvgIpc) is 1.69. The van der Waals surface area contributed by atoms with Gasteiger partial charge in [0, 0.05) is 0 Å². The predicted octanol–water partition coefficient (Wildman–Crippen LogP) is 2.04. The Morgan fingerprint density at radius 2 is 1.57 bits per heavy atom. The van der Waals surface area contributed by atoms with Crippen LogP contribution in [0.15, 0.2) is 0 Å². The molecular weight excluding hydrogens is 102 g/mol. The van der Waals surface area contributed by atoms with Gasteiger partial charge in [0.05, 0.1) is 0 Å². The van der Waals surface area contributed by atoms with E-state index in [2.05, 4.69) is 9.12 Å². The fourth-order valence-corrected chi connectivity index (χ4v) is 1.61. The average molecular weight is 114 g/mol. The van der Waals surface area contributed by atoms with Crippen molar-refractivity contribution < 1.29 is 0 Å². The van der Waals surface area contributed by atoms with Crippen molar-refractivity contribution in [3.8, 4) is 0 Å². The van der Waals surface area contributed by atoms with Gasteiger partial charge in [-0.3, -0.25) is 0 Å². The van der Waals surface area contributed by atoms with Crippen molar-refractivity contribution in [2.24, 2.45) is 0 Å². The molecule has 1 saturated heterocycles. The lowest BCUT2D eigenvalue weighted by molar-refractivity contribution is 0.731. The summed E-state index contributed by atoms with van der Waals surface area (Å²) in [7, 11) is 2.91. The molecule has 0 aromatic heterocycles. The topological polar surface area (TPSA) is 0 Å². The van der Waals surface area contributed by atoms with Crippen molar-refractivity contribution in [2.75, 3.05) is 0 Å². The molecule has 7 heavy (non-hydrogen) atoms. The van der Waals surface area contributed by atoms with Gasteiger partial charge in [0.25, 0.3) is 0 Å². The number of hydrogen-bond acceptors (Lipinski definition) is 0. The Morgan fingerprint density at radius 1 is 1.00 bits per heavy atom. The molecule has 1 aliphatic heterocycles. The SMILES string of the molecule is PB1CCCCC1. The summed E-state index contributed by atoms with van der Waals surface area (Å²) >= 11 is 0. The summed E-state index contributed by atoms with van der Waals surface area (Å²) in [6.45, 7) is 0. The molecule has 1 unspecified atom stereocenters. The fraction of sp³-hybridized carbons (Fsp3) is 1.00. The summed E-state index contributed by atoms with van der Waals surface area (Å²) in [5, 5.41) is 0. The highest BCUT2D eigenvalue weighted by Gasteiger charge is 2.10. The third-order valence-electron chi connectivity index (χ3n) is 1.65. The van der Waals surface area contributed by atoms with Gasteiger partial charge in [0.1, 0.15) is 0 Å². The zero-order valence-electron chi connectivity index (χ0n) is 4.69. The highest BCUT2D eigenvalue weighted by molar-refractivity contribution is 7.62. The zero-order valence-corrected chi connectivity index (χ0v) is 5.84. The normalized spacial score (nSPS) is 22.7. The smallest absolute Gasteiger partial charge is 0.163 e. The van der Waals surface area contributed by atoms with E-state index in [0.717, 1.165) is 6.43 Å². The summed E-state index contributed by atoms with van der Waals surface area (Å²) in [6, 6.07) is 0. The van der Waals surface area contributed by atoms with Crippen LogP contribution >= 0.6 is 9.12 Å². The van der Waals surface area contributed by atoms with E-state index in [0.29, 0.717) is 0 Å². The molecule has 1 atom stereocenters. The van der Waals surface area contributed by atoms with Gasteiger partial charge < -0.3 is 0 Å². The van der Waals surface area contributed by atoms with Crippen molar-refractivity contribution in [3.05, 3.63) is 0 Å². The lowest BCUT2D eigenvalue weighted by Gasteiger charge is -2.12. The molecule has 2 heteroatoms. The second kappa shape index (κ2) is 2.72. The molecule has 0 amide bonds. The van der Waals surface area contributed by atoms with Gasteiger partial charge in [0.2, 0.25) is 0 Å². The summed E-state index contributed by atoms with van der Waals surface area (Å²) in [4.78, 5) is 0. The van der Waals surface area contributed by atoms with Gasteiger partial charge in [-0.25, -0.2) is 0 Å². The van der Waals surface area contributed by atoms with Gasteiger partial charge in [-0.2, -0.15) is 9.12 Å². The first-order chi connectivity index (χ1) is 3.39. The van der Waals surface area contributed by atoms with Crippen LogP contribution in [0.5, 0.6) is 0 Å². The minimum atomic E-state index is 0.953. The Hall–Kier alpha value is 0.495. The van der Waals surface area contributed by atoms with Crippen LogP contribution in [-0.2, 0) is 0 Å². The molecule has 0 bridgehead atoms. The van der Waals surface area contributed by atoms with E-state index >= 15 is 0 Å². The van der Waals surface area contributed by atoms with E-state index in [1.807, 2.05) is 0 Å². The van der Waals surface area contributed by atoms with Crippen molar-refractivity contribution >= 4 is 15.6 Å². The Morgan fingerprint density at radius 3 is 1.86 bits per heavy atom. The van der Waals surface area contributed by atoms with Crippen LogP contribution < -0.4 is 0 Å². The maximum absolute atomic E-state index is 2.91. The van der Waals surface area contributed by atoms with E-state index in [-0.39, 0.29) is 0 Å². The van der Waals surface area contributed by atoms with Gasteiger partial charge in [-0.1, -0.05) is 31.9 Å². The van der Waals surface area contributed by atoms with Crippen LogP contribution in [0.25, 0.3) is 0 Å². The van der Waals surface area contributed by atoms with E-state index in [1.165, 1.54) is 31.9 Å². The highest BCUT2D eigenvalue weighted by atomic mass is 31.0. The minimum absolute atomic E-state index is 0.953. The van der Waals surface area contributed by atoms with E-state index < -0.39 is 0 Å². The predicted molar refractivity (Wildman–Crippen MR) is 38.9 cm³/mol. The largest absolute Gasteiger partial charge is 0.171 e. The first-order valence-corrected chi connectivity index (χ1v) is 3.82. The standard InChI is InChI=1S/C5H12BP/c7-6-4-2-1-3-5-6/h1-5,7H2. The summed E-state index contributed by atoms with van der Waals surface area (Å²) in [5.74, 6) is 0. The molecule has 0 aliphatic carbocycles. The van der Waals surface area contributed by atoms with Crippen molar-refractivity contribution in [3.63, 3.8) is 0 Å². The molecule has 0 aromatic carbocycles. The van der Waals surface area contributed by atoms with Crippen molar-refractivity contribution in [2.45, 2.75) is 31.9 Å². The Labute approximate surface area is 48.3 Å². The zero-order chi connectivity index (χ0) is 5.11. The molecule has 0 saturated carbocycles. The molecule has 0 N–H and O–H groups in total. The Kier molecular flexibility index (Phi) is 2.19. The molecular formula is C5H12BP. The summed E-state index contributed by atoms with van der Waals surface area (Å²) in [5.41, 5.74) is 0. The first kappa shape index (κ1) is 5.63. The van der Waals surface area contributed by atoms with Gasteiger partial charge >= 0.3 is 0 Å². The summed E-state index contributed by atoms with van der Waals surface area (Å²) < 4.78 is 0. The molecule has 1 fully saturated rings. The van der Waals surface area contributed by atoms with Crippen LogP contribution in [0.3, 0.4) is 0 Å². The maximum Gasteiger partial charge on any atom is 0.163 e. The van der Waals surface area contributed by atoms with Crippen molar-refractivity contribution in [1.29, 1.82) is 0 Å². The molecule has 0 nitrogen and oxygen atoms in total. The van der Waals surface area contributed by atoms with E-state index in [4.69, 9.17) is 0 Å². The van der Waals surface area contributed by atoms with Gasteiger partial charge in [-0.05, 0) is 0 Å². The van der Waals surface area contributed by atoms with E-state index in [9.17, 15) is 0 Å². The monoisotopic (exact) mass is 114 g/mol. The molecule has 1 heterocycles. The fourth-order valence-electron chi connectivity index (χ4n) is 1.13. The number of rotatable bonds is 0. The van der Waals surface area contributed by atoms with Crippen LogP contribution in [0.2, 0.25) is 12.6 Å². The van der Waals surface area contributed by atoms with Crippen LogP contribution in [0.1, 0.15) is 19.3 Å². The quantitative estimate of drug-likeness (QED) is 0.334. The summed E-state index contributed by atoms with van der Waals surface area (Å²) in [6.07, 6.45) is 8.26. The van der Waals surface area contributed by atoms with Crippen molar-refractivity contribution in [1.82, 2.24) is 0 Å². The van der Waals surface area contributed by atoms with E-state index in [1.54, 1.807) is 0 Å². The lowest BCUT2D eigenvalue weighted by Crippen LogP contribution is -2.06. The van der Waals surface area contributed by atoms with Gasteiger partial charge in [0.15, 0.2) is 6.43 Å². The molecule has 1 rings (SSSR count). The molecule has 0 aromatic rings. The highest BCUT2D eigenvalue weighted by Crippen LogP contribution is 2.21. The molecule has 0 spiro atoms. The third-order valence-corrected chi connectivity index (χ3v) is 2.32. The number of hydrogen-bond donors (Lipinski definition) is 0. The second-order valence-corrected chi connectivity index (χ2v) is 3.34.